The summed E-state index contributed by atoms with van der Waals surface area (Å²) in [5.74, 6) is 1.40. The molecule has 0 N–H and O–H groups in total. The molecule has 60 valence electrons. The van der Waals surface area contributed by atoms with E-state index in [0.717, 1.165) is 12.0 Å². The minimum Gasteiger partial charge on any atom is -0.294 e. The van der Waals surface area contributed by atoms with Gasteiger partial charge in [-0.15, -0.1) is 0 Å². The van der Waals surface area contributed by atoms with Gasteiger partial charge in [0, 0.05) is 5.92 Å². The van der Waals surface area contributed by atoms with Gasteiger partial charge in [0.15, 0.2) is 5.78 Å². The molecule has 1 fully saturated rings. The van der Waals surface area contributed by atoms with Gasteiger partial charge >= 0.3 is 0 Å². The first-order chi connectivity index (χ1) is 5.05. The third-order valence-electron chi connectivity index (χ3n) is 3.40. The smallest absolute Gasteiger partial charge is 0.162 e. The average Bonchev–Trinajstić information content (AvgIpc) is 2.46. The van der Waals surface area contributed by atoms with Crippen LogP contribution < -0.4 is 0 Å². The van der Waals surface area contributed by atoms with Crippen LogP contribution in [0.15, 0.2) is 11.6 Å². The molecule has 2 rings (SSSR count). The number of rotatable bonds is 0. The molecule has 11 heavy (non-hydrogen) atoms. The normalized spacial score (nSPS) is 39.5. The van der Waals surface area contributed by atoms with E-state index in [1.54, 1.807) is 0 Å². The second-order valence-corrected chi connectivity index (χ2v) is 4.39. The van der Waals surface area contributed by atoms with Crippen molar-refractivity contribution < 1.29 is 4.79 Å². The van der Waals surface area contributed by atoms with Crippen LogP contribution in [0.1, 0.15) is 27.2 Å². The van der Waals surface area contributed by atoms with Gasteiger partial charge in [0.1, 0.15) is 0 Å². The van der Waals surface area contributed by atoms with Gasteiger partial charge in [-0.1, -0.05) is 19.9 Å². The molecule has 1 saturated carbocycles. The van der Waals surface area contributed by atoms with E-state index in [0.29, 0.717) is 23.0 Å². The molecular weight excluding hydrogens is 136 g/mol. The number of ketones is 1. The van der Waals surface area contributed by atoms with Crippen LogP contribution in [-0.4, -0.2) is 5.78 Å². The standard InChI is InChI=1S/C10H14O/c1-6-4-5-7-8(9(6)11)10(7,2)3/h4,7-8H,5H2,1-3H3/t7-,8-/m0/s1. The monoisotopic (exact) mass is 150 g/mol. The van der Waals surface area contributed by atoms with Gasteiger partial charge in [0.25, 0.3) is 0 Å². The lowest BCUT2D eigenvalue weighted by molar-refractivity contribution is -0.117. The minimum absolute atomic E-state index is 0.297. The molecule has 1 heteroatoms. The van der Waals surface area contributed by atoms with E-state index in [9.17, 15) is 4.79 Å². The van der Waals surface area contributed by atoms with Crippen molar-refractivity contribution in [3.05, 3.63) is 11.6 Å². The largest absolute Gasteiger partial charge is 0.294 e. The van der Waals surface area contributed by atoms with E-state index in [2.05, 4.69) is 19.9 Å². The van der Waals surface area contributed by atoms with E-state index in [1.807, 2.05) is 6.92 Å². The third kappa shape index (κ3) is 0.741. The van der Waals surface area contributed by atoms with Crippen LogP contribution in [0.25, 0.3) is 0 Å². The number of hydrogen-bond acceptors (Lipinski definition) is 1. The van der Waals surface area contributed by atoms with Gasteiger partial charge < -0.3 is 0 Å². The maximum Gasteiger partial charge on any atom is 0.162 e. The van der Waals surface area contributed by atoms with Crippen LogP contribution in [0.2, 0.25) is 0 Å². The van der Waals surface area contributed by atoms with Gasteiger partial charge in [-0.2, -0.15) is 0 Å². The molecule has 1 nitrogen and oxygen atoms in total. The molecule has 0 radical (unpaired) electrons. The van der Waals surface area contributed by atoms with Gasteiger partial charge in [0.05, 0.1) is 0 Å². The number of fused-ring (bicyclic) bond motifs is 1. The summed E-state index contributed by atoms with van der Waals surface area (Å²) < 4.78 is 0. The Kier molecular flexibility index (Phi) is 1.14. The summed E-state index contributed by atoms with van der Waals surface area (Å²) in [6, 6.07) is 0. The zero-order valence-electron chi connectivity index (χ0n) is 7.35. The molecule has 0 aromatic heterocycles. The molecule has 0 saturated heterocycles. The Hall–Kier alpha value is -0.590. The number of hydrogen-bond donors (Lipinski definition) is 0. The summed E-state index contributed by atoms with van der Waals surface area (Å²) in [5, 5.41) is 0. The summed E-state index contributed by atoms with van der Waals surface area (Å²) in [6.07, 6.45) is 3.22. The number of carbonyl (C=O) groups excluding carboxylic acids is 1. The molecule has 2 aliphatic rings. The van der Waals surface area contributed by atoms with Crippen molar-refractivity contribution in [1.29, 1.82) is 0 Å². The minimum atomic E-state index is 0.297. The van der Waals surface area contributed by atoms with Crippen LogP contribution >= 0.6 is 0 Å². The lowest BCUT2D eigenvalue weighted by Crippen LogP contribution is -2.09. The molecule has 0 spiro atoms. The molecule has 0 aliphatic heterocycles. The first-order valence-electron chi connectivity index (χ1n) is 4.26. The van der Waals surface area contributed by atoms with Crippen molar-refractivity contribution >= 4 is 5.78 Å². The number of Topliss-reactive ketones (excluding diaryl/α,β-unsaturated/α-hetero) is 1. The molecule has 0 unspecified atom stereocenters. The Labute approximate surface area is 67.5 Å². The molecule has 0 bridgehead atoms. The van der Waals surface area contributed by atoms with Crippen LogP contribution in [-0.2, 0) is 4.79 Å². The topological polar surface area (TPSA) is 17.1 Å². The van der Waals surface area contributed by atoms with Gasteiger partial charge in [0.2, 0.25) is 0 Å². The maximum absolute atomic E-state index is 11.5. The number of allylic oxidation sites excluding steroid dienone is 2. The van der Waals surface area contributed by atoms with Crippen LogP contribution in [0.3, 0.4) is 0 Å². The maximum atomic E-state index is 11.5. The van der Waals surface area contributed by atoms with Gasteiger partial charge in [-0.3, -0.25) is 4.79 Å². The van der Waals surface area contributed by atoms with E-state index in [4.69, 9.17) is 0 Å². The second kappa shape index (κ2) is 1.77. The SMILES string of the molecule is CC1=CC[C@H]2[C@@H](C1=O)C2(C)C. The Bertz CT molecular complexity index is 248. The van der Waals surface area contributed by atoms with E-state index in [1.165, 1.54) is 0 Å². The fraction of sp³-hybridized carbons (Fsp3) is 0.700. The predicted molar refractivity (Wildman–Crippen MR) is 44.1 cm³/mol. The van der Waals surface area contributed by atoms with Crippen molar-refractivity contribution in [2.75, 3.05) is 0 Å². The first-order valence-corrected chi connectivity index (χ1v) is 4.26. The van der Waals surface area contributed by atoms with Crippen LogP contribution in [0.5, 0.6) is 0 Å². The summed E-state index contributed by atoms with van der Waals surface area (Å²) >= 11 is 0. The van der Waals surface area contributed by atoms with Crippen LogP contribution in [0, 0.1) is 17.3 Å². The van der Waals surface area contributed by atoms with Crippen molar-refractivity contribution in [2.24, 2.45) is 17.3 Å². The highest BCUT2D eigenvalue weighted by atomic mass is 16.1. The Morgan fingerprint density at radius 2 is 2.18 bits per heavy atom. The molecule has 0 aromatic rings. The fourth-order valence-corrected chi connectivity index (χ4v) is 2.35. The zero-order valence-corrected chi connectivity index (χ0v) is 7.35. The Morgan fingerprint density at radius 1 is 1.55 bits per heavy atom. The molecule has 0 heterocycles. The summed E-state index contributed by atoms with van der Waals surface area (Å²) in [6.45, 7) is 6.34. The van der Waals surface area contributed by atoms with Crippen LogP contribution in [0.4, 0.5) is 0 Å². The molecule has 2 atom stereocenters. The number of carbonyl (C=O) groups is 1. The highest BCUT2D eigenvalue weighted by molar-refractivity contribution is 6.00. The van der Waals surface area contributed by atoms with Gasteiger partial charge in [-0.05, 0) is 30.3 Å². The second-order valence-electron chi connectivity index (χ2n) is 4.39. The first kappa shape index (κ1) is 7.08. The Morgan fingerprint density at radius 3 is 2.73 bits per heavy atom. The van der Waals surface area contributed by atoms with Crippen molar-refractivity contribution in [2.45, 2.75) is 27.2 Å². The molecular formula is C10H14O. The fourth-order valence-electron chi connectivity index (χ4n) is 2.35. The summed E-state index contributed by atoms with van der Waals surface area (Å²) in [7, 11) is 0. The van der Waals surface area contributed by atoms with E-state index < -0.39 is 0 Å². The zero-order chi connectivity index (χ0) is 8.22. The van der Waals surface area contributed by atoms with Crippen molar-refractivity contribution in [3.63, 3.8) is 0 Å². The predicted octanol–water partition coefficient (Wildman–Crippen LogP) is 2.18. The lowest BCUT2D eigenvalue weighted by atomic mass is 9.99. The lowest BCUT2D eigenvalue weighted by Gasteiger charge is -2.04. The third-order valence-corrected chi connectivity index (χ3v) is 3.40. The molecule has 0 amide bonds. The Balaban J connectivity index is 2.29. The van der Waals surface area contributed by atoms with Crippen molar-refractivity contribution in [3.8, 4) is 0 Å². The highest BCUT2D eigenvalue weighted by Gasteiger charge is 2.61. The van der Waals surface area contributed by atoms with Gasteiger partial charge in [-0.25, -0.2) is 0 Å². The molecule has 2 aliphatic carbocycles. The van der Waals surface area contributed by atoms with E-state index >= 15 is 0 Å². The molecule has 0 aromatic carbocycles. The quantitative estimate of drug-likeness (QED) is 0.517. The average molecular weight is 150 g/mol. The summed E-state index contributed by atoms with van der Waals surface area (Å²) in [5.41, 5.74) is 1.28. The van der Waals surface area contributed by atoms with E-state index in [-0.39, 0.29) is 0 Å². The summed E-state index contributed by atoms with van der Waals surface area (Å²) in [4.78, 5) is 11.5. The highest BCUT2D eigenvalue weighted by Crippen LogP contribution is 2.62. The van der Waals surface area contributed by atoms with Crippen molar-refractivity contribution in [1.82, 2.24) is 0 Å².